The average molecular weight is 256 g/mol. The van der Waals surface area contributed by atoms with Gasteiger partial charge in [-0.2, -0.15) is 0 Å². The van der Waals surface area contributed by atoms with Gasteiger partial charge in [0.25, 0.3) is 0 Å². The molecule has 0 aromatic heterocycles. The van der Waals surface area contributed by atoms with E-state index < -0.39 is 0 Å². The Balaban J connectivity index is 1.72. The molecule has 0 radical (unpaired) electrons. The minimum absolute atomic E-state index is 0.153. The Morgan fingerprint density at radius 1 is 1.22 bits per heavy atom. The molecule has 2 rings (SSSR count). The number of nitrogens with one attached hydrogen (secondary N) is 1. The second kappa shape index (κ2) is 7.43. The number of hydrogen-bond donors (Lipinski definition) is 2. The van der Waals surface area contributed by atoms with Gasteiger partial charge in [-0.15, -0.1) is 0 Å². The van der Waals surface area contributed by atoms with Crippen LogP contribution in [0.3, 0.4) is 0 Å². The highest BCUT2D eigenvalue weighted by atomic mass is 16.5. The maximum Gasteiger partial charge on any atom is 0.0693 e. The van der Waals surface area contributed by atoms with Crippen LogP contribution in [-0.4, -0.2) is 61.0 Å². The molecule has 1 aliphatic heterocycles. The molecule has 106 valence electrons. The van der Waals surface area contributed by atoms with E-state index in [1.165, 1.54) is 19.3 Å². The fourth-order valence-electron chi connectivity index (χ4n) is 3.07. The minimum Gasteiger partial charge on any atom is -0.392 e. The third kappa shape index (κ3) is 4.50. The average Bonchev–Trinajstić information content (AvgIpc) is 2.56. The first kappa shape index (κ1) is 14.3. The highest BCUT2D eigenvalue weighted by molar-refractivity contribution is 4.82. The van der Waals surface area contributed by atoms with Crippen molar-refractivity contribution in [1.82, 2.24) is 10.2 Å². The molecule has 3 atom stereocenters. The van der Waals surface area contributed by atoms with Gasteiger partial charge in [0.05, 0.1) is 19.3 Å². The second-order valence-corrected chi connectivity index (χ2v) is 5.79. The second-order valence-electron chi connectivity index (χ2n) is 5.79. The summed E-state index contributed by atoms with van der Waals surface area (Å²) in [5.74, 6) is 0. The van der Waals surface area contributed by atoms with Crippen molar-refractivity contribution in [1.29, 1.82) is 0 Å². The number of hydrogen-bond acceptors (Lipinski definition) is 4. The molecule has 0 amide bonds. The van der Waals surface area contributed by atoms with Crippen LogP contribution in [0.4, 0.5) is 0 Å². The normalized spacial score (nSPS) is 33.0. The predicted octanol–water partition coefficient (Wildman–Crippen LogP) is 0.990. The molecule has 18 heavy (non-hydrogen) atoms. The van der Waals surface area contributed by atoms with E-state index in [4.69, 9.17) is 4.74 Å². The third-order valence-electron chi connectivity index (χ3n) is 4.11. The van der Waals surface area contributed by atoms with E-state index in [2.05, 4.69) is 17.1 Å². The van der Waals surface area contributed by atoms with Gasteiger partial charge < -0.3 is 15.2 Å². The van der Waals surface area contributed by atoms with Gasteiger partial charge in [-0.25, -0.2) is 0 Å². The summed E-state index contributed by atoms with van der Waals surface area (Å²) >= 11 is 0. The third-order valence-corrected chi connectivity index (χ3v) is 4.11. The zero-order valence-electron chi connectivity index (χ0n) is 11.6. The van der Waals surface area contributed by atoms with E-state index in [1.807, 2.05) is 0 Å². The molecular formula is C14H28N2O2. The van der Waals surface area contributed by atoms with Crippen molar-refractivity contribution in [2.75, 3.05) is 32.8 Å². The first-order valence-electron chi connectivity index (χ1n) is 7.50. The fraction of sp³-hybridized carbons (Fsp3) is 1.00. The summed E-state index contributed by atoms with van der Waals surface area (Å²) in [6, 6.07) is 0.740. The first-order chi connectivity index (χ1) is 8.75. The monoisotopic (exact) mass is 256 g/mol. The summed E-state index contributed by atoms with van der Waals surface area (Å²) < 4.78 is 5.36. The van der Waals surface area contributed by atoms with Crippen molar-refractivity contribution in [3.8, 4) is 0 Å². The Bertz CT molecular complexity index is 232. The van der Waals surface area contributed by atoms with Crippen molar-refractivity contribution in [3.05, 3.63) is 0 Å². The van der Waals surface area contributed by atoms with Crippen LogP contribution in [0.1, 0.15) is 39.0 Å². The summed E-state index contributed by atoms with van der Waals surface area (Å²) in [7, 11) is 0. The Morgan fingerprint density at radius 2 is 1.94 bits per heavy atom. The number of aliphatic hydroxyl groups excluding tert-OH is 1. The van der Waals surface area contributed by atoms with Crippen LogP contribution < -0.4 is 5.32 Å². The molecule has 0 aromatic rings. The van der Waals surface area contributed by atoms with E-state index in [-0.39, 0.29) is 6.10 Å². The molecule has 1 heterocycles. The number of aliphatic hydroxyl groups is 1. The maximum atomic E-state index is 10.1. The summed E-state index contributed by atoms with van der Waals surface area (Å²) in [4.78, 5) is 2.45. The summed E-state index contributed by atoms with van der Waals surface area (Å²) in [5.41, 5.74) is 0. The molecule has 4 heteroatoms. The number of ether oxygens (including phenoxy) is 1. The first-order valence-corrected chi connectivity index (χ1v) is 7.50. The van der Waals surface area contributed by atoms with Gasteiger partial charge in [-0.3, -0.25) is 4.90 Å². The summed E-state index contributed by atoms with van der Waals surface area (Å²) in [6.45, 7) is 7.09. The lowest BCUT2D eigenvalue weighted by atomic mass is 10.0. The van der Waals surface area contributed by atoms with Crippen LogP contribution in [0.2, 0.25) is 0 Å². The SMILES string of the molecule is CC(CN1CCOCC1)NC1CCCCCC1O. The van der Waals surface area contributed by atoms with Crippen LogP contribution in [0.5, 0.6) is 0 Å². The lowest BCUT2D eigenvalue weighted by Crippen LogP contribution is -2.50. The smallest absolute Gasteiger partial charge is 0.0693 e. The summed E-state index contributed by atoms with van der Waals surface area (Å²) in [6.07, 6.45) is 5.62. The van der Waals surface area contributed by atoms with E-state index in [0.29, 0.717) is 12.1 Å². The molecule has 1 saturated carbocycles. The van der Waals surface area contributed by atoms with Crippen molar-refractivity contribution in [2.24, 2.45) is 0 Å². The molecule has 2 N–H and O–H groups in total. The zero-order valence-corrected chi connectivity index (χ0v) is 11.6. The van der Waals surface area contributed by atoms with Crippen molar-refractivity contribution in [3.63, 3.8) is 0 Å². The van der Waals surface area contributed by atoms with Crippen LogP contribution >= 0.6 is 0 Å². The predicted molar refractivity (Wildman–Crippen MR) is 72.7 cm³/mol. The lowest BCUT2D eigenvalue weighted by Gasteiger charge is -2.32. The van der Waals surface area contributed by atoms with Crippen molar-refractivity contribution < 1.29 is 9.84 Å². The van der Waals surface area contributed by atoms with Gasteiger partial charge in [-0.1, -0.05) is 19.3 Å². The molecule has 2 fully saturated rings. The standard InChI is InChI=1S/C14H28N2O2/c1-12(11-16-7-9-18-10-8-16)15-13-5-3-2-4-6-14(13)17/h12-15,17H,2-11H2,1H3. The van der Waals surface area contributed by atoms with Crippen molar-refractivity contribution in [2.45, 2.75) is 57.2 Å². The van der Waals surface area contributed by atoms with Crippen molar-refractivity contribution >= 4 is 0 Å². The molecule has 0 aromatic carbocycles. The van der Waals surface area contributed by atoms with E-state index >= 15 is 0 Å². The molecule has 4 nitrogen and oxygen atoms in total. The van der Waals surface area contributed by atoms with Gasteiger partial charge in [-0.05, 0) is 19.8 Å². The summed E-state index contributed by atoms with van der Waals surface area (Å²) in [5, 5.41) is 13.7. The quantitative estimate of drug-likeness (QED) is 0.736. The molecule has 1 aliphatic carbocycles. The molecular weight excluding hydrogens is 228 g/mol. The van der Waals surface area contributed by atoms with Crippen LogP contribution in [0.25, 0.3) is 0 Å². The van der Waals surface area contributed by atoms with Gasteiger partial charge in [0.2, 0.25) is 0 Å². The minimum atomic E-state index is -0.153. The Labute approximate surface area is 111 Å². The molecule has 3 unspecified atom stereocenters. The van der Waals surface area contributed by atoms with Gasteiger partial charge in [0, 0.05) is 31.7 Å². The number of morpholine rings is 1. The van der Waals surface area contributed by atoms with Crippen LogP contribution in [0, 0.1) is 0 Å². The van der Waals surface area contributed by atoms with Gasteiger partial charge in [0.15, 0.2) is 0 Å². The Kier molecular flexibility index (Phi) is 5.89. The van der Waals surface area contributed by atoms with E-state index in [9.17, 15) is 5.11 Å². The highest BCUT2D eigenvalue weighted by Crippen LogP contribution is 2.18. The zero-order chi connectivity index (χ0) is 12.8. The van der Waals surface area contributed by atoms with Crippen LogP contribution in [0.15, 0.2) is 0 Å². The Morgan fingerprint density at radius 3 is 2.72 bits per heavy atom. The molecule has 0 spiro atoms. The topological polar surface area (TPSA) is 44.7 Å². The van der Waals surface area contributed by atoms with E-state index in [0.717, 1.165) is 45.7 Å². The highest BCUT2D eigenvalue weighted by Gasteiger charge is 2.23. The Hall–Kier alpha value is -0.160. The van der Waals surface area contributed by atoms with Gasteiger partial charge in [0.1, 0.15) is 0 Å². The van der Waals surface area contributed by atoms with Crippen LogP contribution in [-0.2, 0) is 4.74 Å². The molecule has 0 bridgehead atoms. The van der Waals surface area contributed by atoms with E-state index in [1.54, 1.807) is 0 Å². The number of nitrogens with zero attached hydrogens (tertiary/aromatic N) is 1. The number of rotatable bonds is 4. The maximum absolute atomic E-state index is 10.1. The van der Waals surface area contributed by atoms with Gasteiger partial charge >= 0.3 is 0 Å². The largest absolute Gasteiger partial charge is 0.392 e. The molecule has 1 saturated heterocycles. The lowest BCUT2D eigenvalue weighted by molar-refractivity contribution is 0.0316. The molecule has 2 aliphatic rings. The fourth-order valence-corrected chi connectivity index (χ4v) is 3.07.